The fraction of sp³-hybridized carbons (Fsp3) is 0.562. The van der Waals surface area contributed by atoms with Crippen LogP contribution in [0.5, 0.6) is 0 Å². The predicted molar refractivity (Wildman–Crippen MR) is 80.9 cm³/mol. The third-order valence-electron chi connectivity index (χ3n) is 4.88. The van der Waals surface area contributed by atoms with E-state index in [4.69, 9.17) is 16.3 Å². The van der Waals surface area contributed by atoms with Gasteiger partial charge in [0.25, 0.3) is 0 Å². The summed E-state index contributed by atoms with van der Waals surface area (Å²) in [4.78, 5) is 12.6. The van der Waals surface area contributed by atoms with E-state index in [1.54, 1.807) is 11.4 Å². The minimum absolute atomic E-state index is 0.0249. The maximum Gasteiger partial charge on any atom is 0.349 e. The lowest BCUT2D eigenvalue weighted by Gasteiger charge is -2.23. The summed E-state index contributed by atoms with van der Waals surface area (Å²) in [5.41, 5.74) is 0.154. The Morgan fingerprint density at radius 2 is 2.30 bits per heavy atom. The molecule has 0 aromatic carbocycles. The quantitative estimate of drug-likeness (QED) is 0.616. The molecule has 0 radical (unpaired) electrons. The first-order chi connectivity index (χ1) is 9.38. The topological polar surface area (TPSA) is 26.3 Å². The number of ether oxygens (including phenoxy) is 1. The second-order valence-corrected chi connectivity index (χ2v) is 7.70. The van der Waals surface area contributed by atoms with Gasteiger partial charge in [0.05, 0.1) is 11.6 Å². The molecule has 0 amide bonds. The van der Waals surface area contributed by atoms with Gasteiger partial charge in [0.15, 0.2) is 0 Å². The van der Waals surface area contributed by atoms with E-state index in [0.29, 0.717) is 28.3 Å². The van der Waals surface area contributed by atoms with E-state index < -0.39 is 0 Å². The first kappa shape index (κ1) is 14.0. The number of fused-ring (bicyclic) bond motifs is 1. The van der Waals surface area contributed by atoms with Gasteiger partial charge >= 0.3 is 5.97 Å². The zero-order valence-electron chi connectivity index (χ0n) is 11.8. The number of esters is 1. The highest BCUT2D eigenvalue weighted by atomic mass is 35.5. The molecule has 0 saturated heterocycles. The third kappa shape index (κ3) is 1.89. The maximum atomic E-state index is 12.1. The molecule has 106 valence electrons. The van der Waals surface area contributed by atoms with Gasteiger partial charge in [-0.25, -0.2) is 4.79 Å². The van der Waals surface area contributed by atoms with Gasteiger partial charge in [-0.3, -0.25) is 0 Å². The fourth-order valence-electron chi connectivity index (χ4n) is 3.49. The minimum Gasteiger partial charge on any atom is -0.461 e. The molecule has 1 heterocycles. The van der Waals surface area contributed by atoms with Crippen molar-refractivity contribution in [1.82, 2.24) is 0 Å². The standard InChI is InChI=1S/C16H17ClO2S/c1-10-4-5-12-15(2,3)16(12,8-10)9-19-14(18)13-11(17)6-7-20-13/h6-7,10,12H,8-9H2,1-3H3. The van der Waals surface area contributed by atoms with Crippen molar-refractivity contribution in [1.29, 1.82) is 0 Å². The SMILES string of the molecule is CC1C#CC2C(C)(C)C2(COC(=O)c2sccc2Cl)C1. The molecule has 3 atom stereocenters. The van der Waals surface area contributed by atoms with Crippen molar-refractivity contribution in [2.45, 2.75) is 27.2 Å². The monoisotopic (exact) mass is 308 g/mol. The van der Waals surface area contributed by atoms with Crippen molar-refractivity contribution in [3.8, 4) is 11.8 Å². The number of rotatable bonds is 3. The molecule has 3 unspecified atom stereocenters. The number of thiophene rings is 1. The first-order valence-electron chi connectivity index (χ1n) is 6.80. The van der Waals surface area contributed by atoms with Crippen LogP contribution in [0.4, 0.5) is 0 Å². The van der Waals surface area contributed by atoms with Crippen molar-refractivity contribution in [3.63, 3.8) is 0 Å². The highest BCUT2D eigenvalue weighted by Crippen LogP contribution is 2.72. The lowest BCUT2D eigenvalue weighted by molar-refractivity contribution is 0.0359. The van der Waals surface area contributed by atoms with Crippen LogP contribution in [0.15, 0.2) is 11.4 Å². The molecule has 20 heavy (non-hydrogen) atoms. The van der Waals surface area contributed by atoms with E-state index in [1.807, 2.05) is 0 Å². The second kappa shape index (κ2) is 4.51. The molecule has 0 bridgehead atoms. The Balaban J connectivity index is 1.72. The molecular formula is C16H17ClO2S. The molecule has 1 saturated carbocycles. The van der Waals surface area contributed by atoms with Gasteiger partial charge in [-0.1, -0.05) is 44.2 Å². The maximum absolute atomic E-state index is 12.1. The molecular weight excluding hydrogens is 292 g/mol. The number of carbonyl (C=O) groups excluding carboxylic acids is 1. The summed E-state index contributed by atoms with van der Waals surface area (Å²) in [5, 5.41) is 2.27. The normalized spacial score (nSPS) is 32.8. The third-order valence-corrected chi connectivity index (χ3v) is 6.20. The molecule has 2 nitrogen and oxygen atoms in total. The van der Waals surface area contributed by atoms with Gasteiger partial charge < -0.3 is 4.74 Å². The smallest absolute Gasteiger partial charge is 0.349 e. The molecule has 1 fully saturated rings. The Labute approximate surface area is 128 Å². The molecule has 2 aliphatic carbocycles. The molecule has 3 rings (SSSR count). The summed E-state index contributed by atoms with van der Waals surface area (Å²) in [5.74, 6) is 7.02. The average molecular weight is 309 g/mol. The number of carbonyl (C=O) groups is 1. The van der Waals surface area contributed by atoms with Crippen molar-refractivity contribution in [3.05, 3.63) is 21.3 Å². The van der Waals surface area contributed by atoms with E-state index in [2.05, 4.69) is 32.6 Å². The number of hydrogen-bond donors (Lipinski definition) is 0. The summed E-state index contributed by atoms with van der Waals surface area (Å²) < 4.78 is 5.55. The lowest BCUT2D eigenvalue weighted by atomic mass is 9.85. The molecule has 0 N–H and O–H groups in total. The second-order valence-electron chi connectivity index (χ2n) is 6.38. The molecule has 1 aromatic heterocycles. The van der Waals surface area contributed by atoms with E-state index in [9.17, 15) is 4.79 Å². The van der Waals surface area contributed by atoms with Crippen LogP contribution in [0.25, 0.3) is 0 Å². The Kier molecular flexibility index (Phi) is 3.15. The Morgan fingerprint density at radius 1 is 1.55 bits per heavy atom. The number of halogens is 1. The zero-order chi connectivity index (χ0) is 14.5. The van der Waals surface area contributed by atoms with Gasteiger partial charge in [-0.05, 0) is 23.3 Å². The molecule has 4 heteroatoms. The van der Waals surface area contributed by atoms with E-state index >= 15 is 0 Å². The van der Waals surface area contributed by atoms with Gasteiger partial charge in [-0.2, -0.15) is 0 Å². The predicted octanol–water partition coefficient (Wildman–Crippen LogP) is 4.24. The Morgan fingerprint density at radius 3 is 2.95 bits per heavy atom. The average Bonchev–Trinajstić information content (AvgIpc) is 2.71. The fourth-order valence-corrected chi connectivity index (χ4v) is 4.52. The van der Waals surface area contributed by atoms with Crippen LogP contribution in [0.1, 0.15) is 36.9 Å². The summed E-state index contributed by atoms with van der Waals surface area (Å²) in [6, 6.07) is 1.72. The van der Waals surface area contributed by atoms with Gasteiger partial charge in [0, 0.05) is 17.3 Å². The largest absolute Gasteiger partial charge is 0.461 e. The first-order valence-corrected chi connectivity index (χ1v) is 8.05. The Bertz CT molecular complexity index is 622. The van der Waals surface area contributed by atoms with Gasteiger partial charge in [-0.15, -0.1) is 11.3 Å². The van der Waals surface area contributed by atoms with Gasteiger partial charge in [0.2, 0.25) is 0 Å². The Hall–Kier alpha value is -0.980. The van der Waals surface area contributed by atoms with Gasteiger partial charge in [0.1, 0.15) is 4.88 Å². The number of hydrogen-bond acceptors (Lipinski definition) is 3. The van der Waals surface area contributed by atoms with Crippen LogP contribution in [-0.4, -0.2) is 12.6 Å². The summed E-state index contributed by atoms with van der Waals surface area (Å²) in [6.45, 7) is 7.01. The lowest BCUT2D eigenvalue weighted by Crippen LogP contribution is -2.23. The molecule has 0 spiro atoms. The van der Waals surface area contributed by atoms with E-state index in [-0.39, 0.29) is 16.8 Å². The highest BCUT2D eigenvalue weighted by molar-refractivity contribution is 7.12. The van der Waals surface area contributed by atoms with Crippen LogP contribution < -0.4 is 0 Å². The van der Waals surface area contributed by atoms with Crippen LogP contribution >= 0.6 is 22.9 Å². The summed E-state index contributed by atoms with van der Waals surface area (Å²) in [7, 11) is 0. The molecule has 0 aliphatic heterocycles. The van der Waals surface area contributed by atoms with Crippen molar-refractivity contribution >= 4 is 28.9 Å². The summed E-state index contributed by atoms with van der Waals surface area (Å²) in [6.07, 6.45) is 1.00. The minimum atomic E-state index is -0.313. The summed E-state index contributed by atoms with van der Waals surface area (Å²) >= 11 is 7.29. The molecule has 1 aromatic rings. The molecule has 2 aliphatic rings. The van der Waals surface area contributed by atoms with Crippen LogP contribution in [0, 0.1) is 34.5 Å². The van der Waals surface area contributed by atoms with E-state index in [0.717, 1.165) is 6.42 Å². The van der Waals surface area contributed by atoms with Crippen LogP contribution in [0.2, 0.25) is 5.02 Å². The van der Waals surface area contributed by atoms with Crippen molar-refractivity contribution in [2.75, 3.05) is 6.61 Å². The van der Waals surface area contributed by atoms with Crippen LogP contribution in [0.3, 0.4) is 0 Å². The zero-order valence-corrected chi connectivity index (χ0v) is 13.4. The highest BCUT2D eigenvalue weighted by Gasteiger charge is 2.71. The van der Waals surface area contributed by atoms with Crippen molar-refractivity contribution in [2.24, 2.45) is 22.7 Å². The van der Waals surface area contributed by atoms with E-state index in [1.165, 1.54) is 11.3 Å². The van der Waals surface area contributed by atoms with Crippen molar-refractivity contribution < 1.29 is 9.53 Å². The van der Waals surface area contributed by atoms with Crippen LogP contribution in [-0.2, 0) is 4.74 Å².